The molecule has 0 aromatic carbocycles. The molecule has 0 heterocycles. The van der Waals surface area contributed by atoms with E-state index in [1.54, 1.807) is 0 Å². The molecule has 0 radical (unpaired) electrons. The maximum absolute atomic E-state index is 11.9. The molecule has 0 saturated carbocycles. The first kappa shape index (κ1) is 26.4. The Labute approximate surface area is 164 Å². The Morgan fingerprint density at radius 2 is 1.22 bits per heavy atom. The maximum atomic E-state index is 11.9. The van der Waals surface area contributed by atoms with Crippen LogP contribution in [0.2, 0.25) is 0 Å². The van der Waals surface area contributed by atoms with Crippen molar-refractivity contribution in [1.82, 2.24) is 0 Å². The van der Waals surface area contributed by atoms with E-state index in [4.69, 9.17) is 9.79 Å². The van der Waals surface area contributed by atoms with Gasteiger partial charge in [-0.15, -0.1) is 0 Å². The quantitative estimate of drug-likeness (QED) is 0.341. The van der Waals surface area contributed by atoms with Gasteiger partial charge >= 0.3 is 7.82 Å². The summed E-state index contributed by atoms with van der Waals surface area (Å²) in [6, 6.07) is 0. The average molecular weight is 407 g/mol. The molecule has 160 valence electrons. The lowest BCUT2D eigenvalue weighted by atomic mass is 9.84. The SMILES string of the molecule is CCC(C)(C)CCCC(=O)CCCC(=O)CCCC(C)(C)COP(=O)(O)O. The predicted octanol–water partition coefficient (Wildman–Crippen LogP) is 5.21. The number of carbonyl (C=O) groups is 2. The summed E-state index contributed by atoms with van der Waals surface area (Å²) in [5.74, 6) is 0.382. The first-order chi connectivity index (χ1) is 12.3. The Hall–Kier alpha value is -0.550. The van der Waals surface area contributed by atoms with Crippen LogP contribution in [0.15, 0.2) is 0 Å². The van der Waals surface area contributed by atoms with Gasteiger partial charge in [-0.25, -0.2) is 4.57 Å². The van der Waals surface area contributed by atoms with Crippen LogP contribution in [0.4, 0.5) is 0 Å². The van der Waals surface area contributed by atoms with Crippen molar-refractivity contribution in [3.8, 4) is 0 Å². The van der Waals surface area contributed by atoms with Gasteiger partial charge in [-0.1, -0.05) is 41.0 Å². The second-order valence-electron chi connectivity index (χ2n) is 9.08. The van der Waals surface area contributed by atoms with Crippen molar-refractivity contribution >= 4 is 19.4 Å². The van der Waals surface area contributed by atoms with Crippen LogP contribution in [0, 0.1) is 10.8 Å². The third-order valence-electron chi connectivity index (χ3n) is 5.11. The molecule has 0 bridgehead atoms. The smallest absolute Gasteiger partial charge is 0.303 e. The number of Topliss-reactive ketones (excluding diaryl/α,β-unsaturated/α-hetero) is 2. The van der Waals surface area contributed by atoms with Gasteiger partial charge in [-0.05, 0) is 42.9 Å². The molecule has 0 aliphatic rings. The molecule has 7 heteroatoms. The second-order valence-corrected chi connectivity index (χ2v) is 10.3. The summed E-state index contributed by atoms with van der Waals surface area (Å²) in [6.45, 7) is 10.3. The zero-order valence-electron chi connectivity index (χ0n) is 17.8. The summed E-state index contributed by atoms with van der Waals surface area (Å²) >= 11 is 0. The van der Waals surface area contributed by atoms with Gasteiger partial charge in [0.1, 0.15) is 11.6 Å². The minimum absolute atomic E-state index is 0.0468. The van der Waals surface area contributed by atoms with Crippen molar-refractivity contribution in [3.63, 3.8) is 0 Å². The molecule has 27 heavy (non-hydrogen) atoms. The molecule has 0 fully saturated rings. The standard InChI is InChI=1S/C20H39O6P/c1-6-19(2,3)14-8-12-17(21)10-7-11-18(22)13-9-15-20(4,5)16-26-27(23,24)25/h6-16H2,1-5H3,(H2,23,24,25). The van der Waals surface area contributed by atoms with Crippen LogP contribution in [-0.2, 0) is 18.7 Å². The highest BCUT2D eigenvalue weighted by Gasteiger charge is 2.24. The summed E-state index contributed by atoms with van der Waals surface area (Å²) in [6.07, 6.45) is 6.91. The molecule has 0 unspecified atom stereocenters. The van der Waals surface area contributed by atoms with E-state index in [1.807, 2.05) is 13.8 Å². The third kappa shape index (κ3) is 16.1. The molecule has 0 aromatic heterocycles. The molecule has 0 saturated heterocycles. The zero-order valence-corrected chi connectivity index (χ0v) is 18.6. The first-order valence-electron chi connectivity index (χ1n) is 10.00. The van der Waals surface area contributed by atoms with Crippen LogP contribution in [0.25, 0.3) is 0 Å². The highest BCUT2D eigenvalue weighted by atomic mass is 31.2. The summed E-state index contributed by atoms with van der Waals surface area (Å²) in [5, 5.41) is 0. The Morgan fingerprint density at radius 1 is 0.815 bits per heavy atom. The highest BCUT2D eigenvalue weighted by molar-refractivity contribution is 7.46. The Bertz CT molecular complexity index is 507. The van der Waals surface area contributed by atoms with Crippen LogP contribution in [0.1, 0.15) is 98.8 Å². The van der Waals surface area contributed by atoms with Crippen molar-refractivity contribution < 1.29 is 28.5 Å². The fourth-order valence-corrected chi connectivity index (χ4v) is 3.29. The van der Waals surface area contributed by atoms with Gasteiger partial charge in [-0.3, -0.25) is 14.1 Å². The van der Waals surface area contributed by atoms with E-state index >= 15 is 0 Å². The Kier molecular flexibility index (Phi) is 11.9. The normalized spacial score (nSPS) is 13.0. The van der Waals surface area contributed by atoms with E-state index in [0.717, 1.165) is 19.3 Å². The zero-order chi connectivity index (χ0) is 21.1. The van der Waals surface area contributed by atoms with Gasteiger partial charge in [0.2, 0.25) is 0 Å². The number of hydrogen-bond acceptors (Lipinski definition) is 4. The maximum Gasteiger partial charge on any atom is 0.469 e. The van der Waals surface area contributed by atoms with E-state index in [-0.39, 0.29) is 18.2 Å². The number of phosphoric acid groups is 1. The number of hydrogen-bond donors (Lipinski definition) is 2. The predicted molar refractivity (Wildman–Crippen MR) is 107 cm³/mol. The second kappa shape index (κ2) is 12.1. The number of rotatable bonds is 16. The van der Waals surface area contributed by atoms with Gasteiger partial charge < -0.3 is 9.79 Å². The van der Waals surface area contributed by atoms with E-state index in [1.165, 1.54) is 0 Å². The molecule has 0 amide bonds. The number of phosphoric ester groups is 1. The third-order valence-corrected chi connectivity index (χ3v) is 5.58. The van der Waals surface area contributed by atoms with Crippen molar-refractivity contribution in [2.75, 3.05) is 6.61 Å². The van der Waals surface area contributed by atoms with Crippen LogP contribution in [-0.4, -0.2) is 28.0 Å². The summed E-state index contributed by atoms with van der Waals surface area (Å²) < 4.78 is 15.3. The van der Waals surface area contributed by atoms with Gasteiger partial charge in [0.05, 0.1) is 6.61 Å². The molecule has 0 aliphatic heterocycles. The van der Waals surface area contributed by atoms with E-state index < -0.39 is 13.2 Å². The molecule has 0 atom stereocenters. The van der Waals surface area contributed by atoms with Gasteiger partial charge in [0.15, 0.2) is 0 Å². The molecule has 6 nitrogen and oxygen atoms in total. The van der Waals surface area contributed by atoms with Crippen LogP contribution >= 0.6 is 7.82 Å². The summed E-state index contributed by atoms with van der Waals surface area (Å²) in [7, 11) is -4.46. The lowest BCUT2D eigenvalue weighted by Crippen LogP contribution is -2.19. The molecule has 0 aliphatic carbocycles. The monoisotopic (exact) mass is 406 g/mol. The van der Waals surface area contributed by atoms with Gasteiger partial charge in [0, 0.05) is 25.7 Å². The largest absolute Gasteiger partial charge is 0.469 e. The van der Waals surface area contributed by atoms with Gasteiger partial charge in [0.25, 0.3) is 0 Å². The van der Waals surface area contributed by atoms with Crippen molar-refractivity contribution in [1.29, 1.82) is 0 Å². The minimum atomic E-state index is -4.46. The molecule has 0 aromatic rings. The van der Waals surface area contributed by atoms with Crippen molar-refractivity contribution in [2.45, 2.75) is 98.8 Å². The molecule has 0 spiro atoms. The van der Waals surface area contributed by atoms with Crippen molar-refractivity contribution in [2.24, 2.45) is 10.8 Å². The summed E-state index contributed by atoms with van der Waals surface area (Å²) in [4.78, 5) is 41.4. The lowest BCUT2D eigenvalue weighted by Gasteiger charge is -2.24. The van der Waals surface area contributed by atoms with E-state index in [9.17, 15) is 14.2 Å². The van der Waals surface area contributed by atoms with Crippen molar-refractivity contribution in [3.05, 3.63) is 0 Å². The molecule has 2 N–H and O–H groups in total. The van der Waals surface area contributed by atoms with Crippen LogP contribution in [0.5, 0.6) is 0 Å². The minimum Gasteiger partial charge on any atom is -0.303 e. The lowest BCUT2D eigenvalue weighted by molar-refractivity contribution is -0.120. The van der Waals surface area contributed by atoms with Gasteiger partial charge in [-0.2, -0.15) is 0 Å². The molecule has 0 rings (SSSR count). The number of ketones is 2. The van der Waals surface area contributed by atoms with E-state index in [0.29, 0.717) is 50.4 Å². The Morgan fingerprint density at radius 3 is 1.63 bits per heavy atom. The topological polar surface area (TPSA) is 101 Å². The molecular formula is C20H39O6P. The summed E-state index contributed by atoms with van der Waals surface area (Å²) in [5.41, 5.74) is -0.107. The van der Waals surface area contributed by atoms with Crippen LogP contribution in [0.3, 0.4) is 0 Å². The van der Waals surface area contributed by atoms with E-state index in [2.05, 4.69) is 25.3 Å². The number of carbonyl (C=O) groups excluding carboxylic acids is 2. The van der Waals surface area contributed by atoms with Crippen LogP contribution < -0.4 is 0 Å². The Balaban J connectivity index is 3.85. The highest BCUT2D eigenvalue weighted by Crippen LogP contribution is 2.39. The first-order valence-corrected chi connectivity index (χ1v) is 11.5. The molecular weight excluding hydrogens is 367 g/mol. The average Bonchev–Trinajstić information content (AvgIpc) is 2.52. The fraction of sp³-hybridized carbons (Fsp3) is 0.900. The fourth-order valence-electron chi connectivity index (χ4n) is 2.77.